The summed E-state index contributed by atoms with van der Waals surface area (Å²) < 4.78 is 0. The van der Waals surface area contributed by atoms with Gasteiger partial charge in [0.05, 0.1) is 0 Å². The zero-order valence-electron chi connectivity index (χ0n) is 6.66. The Morgan fingerprint density at radius 1 is 1.42 bits per heavy atom. The highest BCUT2D eigenvalue weighted by Gasteiger charge is 1.99. The first-order valence-corrected chi connectivity index (χ1v) is 5.32. The third kappa shape index (κ3) is 1.23. The summed E-state index contributed by atoms with van der Waals surface area (Å²) in [5.74, 6) is 0. The van der Waals surface area contributed by atoms with Crippen molar-refractivity contribution < 1.29 is 0 Å². The molecular formula is C9H9NS2. The van der Waals surface area contributed by atoms with E-state index < -0.39 is 0 Å². The highest BCUT2D eigenvalue weighted by Crippen LogP contribution is 2.25. The fourth-order valence-electron chi connectivity index (χ4n) is 1.22. The average Bonchev–Trinajstić information content (AvgIpc) is 2.47. The van der Waals surface area contributed by atoms with Gasteiger partial charge in [0.25, 0.3) is 0 Å². The maximum absolute atomic E-state index is 4.33. The molecule has 0 radical (unpaired) electrons. The SMILES string of the molecule is CSc1ccc2c(S)c[nH]c2c1. The molecule has 1 N–H and O–H groups in total. The lowest BCUT2D eigenvalue weighted by Gasteiger charge is -1.95. The number of thioether (sulfide) groups is 1. The first-order valence-electron chi connectivity index (χ1n) is 3.65. The summed E-state index contributed by atoms with van der Waals surface area (Å²) in [4.78, 5) is 5.46. The number of benzene rings is 1. The summed E-state index contributed by atoms with van der Waals surface area (Å²) in [5.41, 5.74) is 1.16. The van der Waals surface area contributed by atoms with Gasteiger partial charge < -0.3 is 4.98 Å². The van der Waals surface area contributed by atoms with Gasteiger partial charge in [-0.1, -0.05) is 6.07 Å². The minimum absolute atomic E-state index is 1.01. The Bertz CT molecular complexity index is 406. The number of aromatic amines is 1. The van der Waals surface area contributed by atoms with Gasteiger partial charge in [-0.3, -0.25) is 0 Å². The predicted molar refractivity (Wildman–Crippen MR) is 57.3 cm³/mol. The molecule has 0 amide bonds. The van der Waals surface area contributed by atoms with E-state index >= 15 is 0 Å². The van der Waals surface area contributed by atoms with E-state index in [0.29, 0.717) is 0 Å². The number of hydrogen-bond acceptors (Lipinski definition) is 2. The Labute approximate surface area is 81.0 Å². The Kier molecular flexibility index (Phi) is 2.07. The summed E-state index contributed by atoms with van der Waals surface area (Å²) >= 11 is 6.07. The molecule has 0 bridgehead atoms. The van der Waals surface area contributed by atoms with Crippen LogP contribution in [0.25, 0.3) is 10.9 Å². The van der Waals surface area contributed by atoms with Gasteiger partial charge in [-0.25, -0.2) is 0 Å². The molecule has 1 aromatic carbocycles. The Morgan fingerprint density at radius 3 is 3.00 bits per heavy atom. The van der Waals surface area contributed by atoms with Crippen LogP contribution >= 0.6 is 24.4 Å². The van der Waals surface area contributed by atoms with Crippen molar-refractivity contribution in [2.24, 2.45) is 0 Å². The van der Waals surface area contributed by atoms with Crippen LogP contribution in [0.3, 0.4) is 0 Å². The number of hydrogen-bond donors (Lipinski definition) is 2. The lowest BCUT2D eigenvalue weighted by molar-refractivity contribution is 1.41. The molecule has 0 aliphatic carbocycles. The van der Waals surface area contributed by atoms with Crippen LogP contribution in [-0.2, 0) is 0 Å². The van der Waals surface area contributed by atoms with Gasteiger partial charge in [0.15, 0.2) is 0 Å². The lowest BCUT2D eigenvalue weighted by atomic mass is 10.2. The summed E-state index contributed by atoms with van der Waals surface area (Å²) in [7, 11) is 0. The van der Waals surface area contributed by atoms with E-state index in [4.69, 9.17) is 0 Å². The van der Waals surface area contributed by atoms with Crippen molar-refractivity contribution in [3.63, 3.8) is 0 Å². The first kappa shape index (κ1) is 8.08. The average molecular weight is 195 g/mol. The van der Waals surface area contributed by atoms with Gasteiger partial charge >= 0.3 is 0 Å². The zero-order valence-corrected chi connectivity index (χ0v) is 8.38. The molecule has 0 fully saturated rings. The Balaban J connectivity index is 2.69. The number of rotatable bonds is 1. The van der Waals surface area contributed by atoms with Crippen molar-refractivity contribution in [3.8, 4) is 0 Å². The number of H-pyrrole nitrogens is 1. The minimum atomic E-state index is 1.01. The molecule has 0 spiro atoms. The largest absolute Gasteiger partial charge is 0.360 e. The monoisotopic (exact) mass is 195 g/mol. The molecule has 2 rings (SSSR count). The van der Waals surface area contributed by atoms with Crippen LogP contribution in [0, 0.1) is 0 Å². The maximum Gasteiger partial charge on any atom is 0.0476 e. The second kappa shape index (κ2) is 3.07. The molecule has 0 saturated carbocycles. The van der Waals surface area contributed by atoms with Gasteiger partial charge in [0.2, 0.25) is 0 Å². The van der Waals surface area contributed by atoms with E-state index in [0.717, 1.165) is 10.4 Å². The molecule has 0 unspecified atom stereocenters. The highest BCUT2D eigenvalue weighted by atomic mass is 32.2. The molecule has 1 heterocycles. The van der Waals surface area contributed by atoms with E-state index in [1.807, 2.05) is 6.20 Å². The van der Waals surface area contributed by atoms with Crippen LogP contribution < -0.4 is 0 Å². The molecule has 1 nitrogen and oxygen atoms in total. The molecule has 3 heteroatoms. The van der Waals surface area contributed by atoms with E-state index in [2.05, 4.69) is 42.1 Å². The number of thiol groups is 1. The van der Waals surface area contributed by atoms with E-state index in [1.165, 1.54) is 10.3 Å². The molecule has 2 aromatic rings. The van der Waals surface area contributed by atoms with Crippen molar-refractivity contribution in [3.05, 3.63) is 24.4 Å². The van der Waals surface area contributed by atoms with Crippen LogP contribution in [0.5, 0.6) is 0 Å². The third-order valence-corrected chi connectivity index (χ3v) is 2.96. The van der Waals surface area contributed by atoms with Crippen molar-refractivity contribution in [2.75, 3.05) is 6.26 Å². The Morgan fingerprint density at radius 2 is 2.25 bits per heavy atom. The molecule has 0 aliphatic heterocycles. The quantitative estimate of drug-likeness (QED) is 0.527. The van der Waals surface area contributed by atoms with Crippen LogP contribution in [-0.4, -0.2) is 11.2 Å². The first-order chi connectivity index (χ1) is 5.81. The highest BCUT2D eigenvalue weighted by molar-refractivity contribution is 7.98. The number of nitrogens with one attached hydrogen (secondary N) is 1. The van der Waals surface area contributed by atoms with Gasteiger partial charge in [-0.05, 0) is 18.4 Å². The van der Waals surface area contributed by atoms with E-state index in [9.17, 15) is 0 Å². The van der Waals surface area contributed by atoms with Gasteiger partial charge in [0, 0.05) is 26.9 Å². The van der Waals surface area contributed by atoms with Crippen LogP contribution in [0.4, 0.5) is 0 Å². The fourth-order valence-corrected chi connectivity index (χ4v) is 1.92. The van der Waals surface area contributed by atoms with Crippen molar-refractivity contribution >= 4 is 35.3 Å². The molecule has 12 heavy (non-hydrogen) atoms. The number of fused-ring (bicyclic) bond motifs is 1. The summed E-state index contributed by atoms with van der Waals surface area (Å²) in [6.07, 6.45) is 3.99. The normalized spacial score (nSPS) is 10.8. The third-order valence-electron chi connectivity index (χ3n) is 1.87. The smallest absolute Gasteiger partial charge is 0.0476 e. The van der Waals surface area contributed by atoms with Crippen molar-refractivity contribution in [2.45, 2.75) is 9.79 Å². The molecule has 62 valence electrons. The molecule has 0 aliphatic rings. The Hall–Kier alpha value is -0.540. The van der Waals surface area contributed by atoms with Crippen LogP contribution in [0.1, 0.15) is 0 Å². The maximum atomic E-state index is 4.33. The fraction of sp³-hybridized carbons (Fsp3) is 0.111. The standard InChI is InChI=1S/C9H9NS2/c1-12-6-2-3-7-8(4-6)10-5-9(7)11/h2-5,10-11H,1H3. The predicted octanol–water partition coefficient (Wildman–Crippen LogP) is 3.18. The molecular weight excluding hydrogens is 186 g/mol. The molecule has 0 atom stereocenters. The van der Waals surface area contributed by atoms with Crippen LogP contribution in [0.15, 0.2) is 34.2 Å². The van der Waals surface area contributed by atoms with Crippen molar-refractivity contribution in [1.82, 2.24) is 4.98 Å². The second-order valence-corrected chi connectivity index (χ2v) is 3.95. The second-order valence-electron chi connectivity index (χ2n) is 2.59. The number of aromatic nitrogens is 1. The topological polar surface area (TPSA) is 15.8 Å². The summed E-state index contributed by atoms with van der Waals surface area (Å²) in [6, 6.07) is 6.35. The van der Waals surface area contributed by atoms with Crippen molar-refractivity contribution in [1.29, 1.82) is 0 Å². The zero-order chi connectivity index (χ0) is 8.55. The molecule has 0 saturated heterocycles. The van der Waals surface area contributed by atoms with Gasteiger partial charge in [-0.15, -0.1) is 24.4 Å². The van der Waals surface area contributed by atoms with Crippen LogP contribution in [0.2, 0.25) is 0 Å². The summed E-state index contributed by atoms with van der Waals surface area (Å²) in [6.45, 7) is 0. The van der Waals surface area contributed by atoms with E-state index in [-0.39, 0.29) is 0 Å². The molecule has 1 aromatic heterocycles. The summed E-state index contributed by atoms with van der Waals surface area (Å²) in [5, 5.41) is 1.19. The van der Waals surface area contributed by atoms with Gasteiger partial charge in [-0.2, -0.15) is 0 Å². The van der Waals surface area contributed by atoms with E-state index in [1.54, 1.807) is 11.8 Å². The lowest BCUT2D eigenvalue weighted by Crippen LogP contribution is -1.70. The minimum Gasteiger partial charge on any atom is -0.360 e. The van der Waals surface area contributed by atoms with Gasteiger partial charge in [0.1, 0.15) is 0 Å².